The predicted octanol–water partition coefficient (Wildman–Crippen LogP) is 7.15. The van der Waals surface area contributed by atoms with Gasteiger partial charge in [0.15, 0.2) is 0 Å². The van der Waals surface area contributed by atoms with Crippen molar-refractivity contribution in [2.45, 2.75) is 90.9 Å². The molecule has 2 N–H and O–H groups in total. The SMILES string of the molecule is CCOc1ccc(CCCCCCC(=O)CCCCCCc2ccc(OCC)cc2O)c(O)c1. The summed E-state index contributed by atoms with van der Waals surface area (Å²) in [6.45, 7) is 5.03. The highest BCUT2D eigenvalue weighted by Crippen LogP contribution is 2.26. The Morgan fingerprint density at radius 1 is 0.647 bits per heavy atom. The van der Waals surface area contributed by atoms with Crippen molar-refractivity contribution in [3.63, 3.8) is 0 Å². The van der Waals surface area contributed by atoms with Crippen LogP contribution in [0.1, 0.15) is 89.2 Å². The molecule has 5 heteroatoms. The Morgan fingerprint density at radius 2 is 1.06 bits per heavy atom. The number of unbranched alkanes of at least 4 members (excludes halogenated alkanes) is 6. The summed E-state index contributed by atoms with van der Waals surface area (Å²) in [5.74, 6) is 2.38. The summed E-state index contributed by atoms with van der Waals surface area (Å²) in [4.78, 5) is 12.1. The molecule has 188 valence electrons. The Morgan fingerprint density at radius 3 is 1.44 bits per heavy atom. The van der Waals surface area contributed by atoms with Gasteiger partial charge in [0.2, 0.25) is 0 Å². The van der Waals surface area contributed by atoms with E-state index in [0.29, 0.717) is 54.8 Å². The first kappa shape index (κ1) is 27.6. The van der Waals surface area contributed by atoms with Crippen molar-refractivity contribution in [3.8, 4) is 23.0 Å². The molecule has 0 aromatic heterocycles. The van der Waals surface area contributed by atoms with Crippen molar-refractivity contribution in [2.75, 3.05) is 13.2 Å². The maximum absolute atomic E-state index is 12.1. The van der Waals surface area contributed by atoms with Gasteiger partial charge in [-0.2, -0.15) is 0 Å². The zero-order valence-corrected chi connectivity index (χ0v) is 21.0. The first-order chi connectivity index (χ1) is 16.5. The van der Waals surface area contributed by atoms with Crippen LogP contribution in [0.25, 0.3) is 0 Å². The maximum atomic E-state index is 12.1. The van der Waals surface area contributed by atoms with E-state index in [4.69, 9.17) is 9.47 Å². The van der Waals surface area contributed by atoms with Crippen LogP contribution in [0.15, 0.2) is 36.4 Å². The normalized spacial score (nSPS) is 10.9. The lowest BCUT2D eigenvalue weighted by atomic mass is 10.0. The molecule has 0 fully saturated rings. The number of Topliss-reactive ketones (excluding diaryl/α,β-unsaturated/α-hetero) is 1. The summed E-state index contributed by atoms with van der Waals surface area (Å²) in [6, 6.07) is 11.0. The van der Waals surface area contributed by atoms with Crippen molar-refractivity contribution in [1.82, 2.24) is 0 Å². The molecule has 0 bridgehead atoms. The highest BCUT2D eigenvalue weighted by atomic mass is 16.5. The molecule has 2 aromatic rings. The van der Waals surface area contributed by atoms with E-state index in [1.54, 1.807) is 12.1 Å². The van der Waals surface area contributed by atoms with Crippen molar-refractivity contribution < 1.29 is 24.5 Å². The molecule has 2 rings (SSSR count). The number of aromatic hydroxyl groups is 2. The van der Waals surface area contributed by atoms with E-state index in [2.05, 4.69) is 0 Å². The van der Waals surface area contributed by atoms with Crippen molar-refractivity contribution in [1.29, 1.82) is 0 Å². The molecule has 0 aliphatic heterocycles. The van der Waals surface area contributed by atoms with E-state index in [9.17, 15) is 15.0 Å². The minimum Gasteiger partial charge on any atom is -0.508 e. The van der Waals surface area contributed by atoms with Crippen LogP contribution < -0.4 is 9.47 Å². The van der Waals surface area contributed by atoms with E-state index in [1.807, 2.05) is 38.1 Å². The fourth-order valence-corrected chi connectivity index (χ4v) is 4.13. The highest BCUT2D eigenvalue weighted by molar-refractivity contribution is 5.78. The fraction of sp³-hybridized carbons (Fsp3) is 0.552. The first-order valence-corrected chi connectivity index (χ1v) is 12.9. The Balaban J connectivity index is 1.47. The number of carbonyl (C=O) groups is 1. The smallest absolute Gasteiger partial charge is 0.132 e. The molecule has 0 radical (unpaired) electrons. The first-order valence-electron chi connectivity index (χ1n) is 12.9. The van der Waals surface area contributed by atoms with Crippen LogP contribution in [0.3, 0.4) is 0 Å². The zero-order chi connectivity index (χ0) is 24.6. The number of hydrogen-bond acceptors (Lipinski definition) is 5. The van der Waals surface area contributed by atoms with E-state index in [-0.39, 0.29) is 0 Å². The molecule has 0 heterocycles. The van der Waals surface area contributed by atoms with Gasteiger partial charge >= 0.3 is 0 Å². The Labute approximate surface area is 205 Å². The number of aryl methyl sites for hydroxylation is 2. The summed E-state index contributed by atoms with van der Waals surface area (Å²) in [5.41, 5.74) is 1.91. The molecule has 0 aliphatic carbocycles. The van der Waals surface area contributed by atoms with Gasteiger partial charge in [-0.25, -0.2) is 0 Å². The fourth-order valence-electron chi connectivity index (χ4n) is 4.13. The lowest BCUT2D eigenvalue weighted by molar-refractivity contribution is -0.119. The van der Waals surface area contributed by atoms with Crippen LogP contribution in [0, 0.1) is 0 Å². The Bertz CT molecular complexity index is 792. The average Bonchev–Trinajstić information content (AvgIpc) is 2.81. The molecule has 0 saturated heterocycles. The maximum Gasteiger partial charge on any atom is 0.132 e. The average molecular weight is 471 g/mol. The predicted molar refractivity (Wildman–Crippen MR) is 137 cm³/mol. The lowest BCUT2D eigenvalue weighted by Gasteiger charge is -2.08. The van der Waals surface area contributed by atoms with Crippen molar-refractivity contribution in [2.24, 2.45) is 0 Å². The summed E-state index contributed by atoms with van der Waals surface area (Å²) in [6.07, 6.45) is 11.2. The quantitative estimate of drug-likeness (QED) is 0.226. The monoisotopic (exact) mass is 470 g/mol. The minimum atomic E-state index is 0.303. The summed E-state index contributed by atoms with van der Waals surface area (Å²) in [5, 5.41) is 20.2. The van der Waals surface area contributed by atoms with Gasteiger partial charge in [0, 0.05) is 25.0 Å². The van der Waals surface area contributed by atoms with Gasteiger partial charge in [-0.05, 0) is 75.6 Å². The second kappa shape index (κ2) is 16.0. The van der Waals surface area contributed by atoms with E-state index in [1.165, 1.54) is 0 Å². The second-order valence-corrected chi connectivity index (χ2v) is 8.81. The molecular formula is C29H42O5. The molecule has 2 aromatic carbocycles. The highest BCUT2D eigenvalue weighted by Gasteiger charge is 2.06. The number of ketones is 1. The number of phenols is 2. The molecule has 5 nitrogen and oxygen atoms in total. The van der Waals surface area contributed by atoms with Gasteiger partial charge in [0.1, 0.15) is 28.8 Å². The summed E-state index contributed by atoms with van der Waals surface area (Å²) >= 11 is 0. The second-order valence-electron chi connectivity index (χ2n) is 8.81. The molecule has 0 saturated carbocycles. The largest absolute Gasteiger partial charge is 0.508 e. The molecule has 0 amide bonds. The summed E-state index contributed by atoms with van der Waals surface area (Å²) < 4.78 is 10.8. The third kappa shape index (κ3) is 10.5. The Kier molecular flexibility index (Phi) is 13.0. The van der Waals surface area contributed by atoms with Crippen LogP contribution in [0.2, 0.25) is 0 Å². The molecule has 34 heavy (non-hydrogen) atoms. The molecule has 0 aliphatic rings. The van der Waals surface area contributed by atoms with Crippen LogP contribution in [-0.4, -0.2) is 29.2 Å². The van der Waals surface area contributed by atoms with E-state index < -0.39 is 0 Å². The van der Waals surface area contributed by atoms with E-state index >= 15 is 0 Å². The van der Waals surface area contributed by atoms with Gasteiger partial charge in [-0.3, -0.25) is 4.79 Å². The van der Waals surface area contributed by atoms with Gasteiger partial charge in [0.25, 0.3) is 0 Å². The molecule has 0 atom stereocenters. The minimum absolute atomic E-state index is 0.303. The van der Waals surface area contributed by atoms with Gasteiger partial charge in [-0.15, -0.1) is 0 Å². The standard InChI is InChI=1S/C29H42O5/c1-3-33-26-19-17-23(28(31)21-26)13-9-5-7-11-15-25(30)16-12-8-6-10-14-24-18-20-27(34-4-2)22-29(24)32/h17-22,31-32H,3-16H2,1-2H3. The number of hydrogen-bond donors (Lipinski definition) is 2. The van der Waals surface area contributed by atoms with Crippen molar-refractivity contribution in [3.05, 3.63) is 47.5 Å². The molecule has 0 unspecified atom stereocenters. The topological polar surface area (TPSA) is 76.0 Å². The number of benzene rings is 2. The van der Waals surface area contributed by atoms with Crippen LogP contribution in [0.5, 0.6) is 23.0 Å². The van der Waals surface area contributed by atoms with Gasteiger partial charge in [0.05, 0.1) is 13.2 Å². The zero-order valence-electron chi connectivity index (χ0n) is 21.0. The number of carbonyl (C=O) groups excluding carboxylic acids is 1. The third-order valence-electron chi connectivity index (χ3n) is 6.04. The molecule has 0 spiro atoms. The summed E-state index contributed by atoms with van der Waals surface area (Å²) in [7, 11) is 0. The number of ether oxygens (including phenoxy) is 2. The van der Waals surface area contributed by atoms with Crippen LogP contribution in [-0.2, 0) is 17.6 Å². The van der Waals surface area contributed by atoms with E-state index in [0.717, 1.165) is 75.3 Å². The van der Waals surface area contributed by atoms with Crippen molar-refractivity contribution >= 4 is 5.78 Å². The third-order valence-corrected chi connectivity index (χ3v) is 6.04. The molecular weight excluding hydrogens is 428 g/mol. The Hall–Kier alpha value is -2.69. The lowest BCUT2D eigenvalue weighted by Crippen LogP contribution is -1.98. The van der Waals surface area contributed by atoms with Crippen LogP contribution >= 0.6 is 0 Å². The number of rotatable bonds is 18. The van der Waals surface area contributed by atoms with Gasteiger partial charge in [-0.1, -0.05) is 37.8 Å². The van der Waals surface area contributed by atoms with Gasteiger partial charge < -0.3 is 19.7 Å². The van der Waals surface area contributed by atoms with Crippen LogP contribution in [0.4, 0.5) is 0 Å². The number of phenolic OH excluding ortho intramolecular Hbond substituents is 2.